The lowest BCUT2D eigenvalue weighted by Gasteiger charge is -2.16. The van der Waals surface area contributed by atoms with Crippen LogP contribution in [0.4, 0.5) is 5.82 Å². The Labute approximate surface area is 121 Å². The highest BCUT2D eigenvalue weighted by Gasteiger charge is 2.11. The fraction of sp³-hybridized carbons (Fsp3) is 0.231. The number of hydrogen-bond donors (Lipinski definition) is 1. The van der Waals surface area contributed by atoms with E-state index >= 15 is 0 Å². The van der Waals surface area contributed by atoms with Gasteiger partial charge in [0, 0.05) is 16.1 Å². The maximum Gasteiger partial charge on any atom is 0.218 e. The van der Waals surface area contributed by atoms with Gasteiger partial charge in [-0.2, -0.15) is 0 Å². The number of methoxy groups -OCH3 is 1. The molecule has 2 rings (SSSR count). The van der Waals surface area contributed by atoms with Gasteiger partial charge in [-0.05, 0) is 24.6 Å². The first-order valence-corrected chi connectivity index (χ1v) is 6.43. The number of ether oxygens (including phenoxy) is 1. The van der Waals surface area contributed by atoms with E-state index in [9.17, 15) is 0 Å². The summed E-state index contributed by atoms with van der Waals surface area (Å²) in [6.07, 6.45) is 1.44. The van der Waals surface area contributed by atoms with Crippen LogP contribution in [0.15, 0.2) is 30.6 Å². The third kappa shape index (κ3) is 3.49. The summed E-state index contributed by atoms with van der Waals surface area (Å²) >= 11 is 12.0. The Balaban J connectivity index is 2.17. The summed E-state index contributed by atoms with van der Waals surface area (Å²) in [5, 5.41) is 4.47. The Kier molecular flexibility index (Phi) is 4.45. The second-order valence-electron chi connectivity index (χ2n) is 3.98. The van der Waals surface area contributed by atoms with Crippen LogP contribution in [0.1, 0.15) is 18.5 Å². The van der Waals surface area contributed by atoms with Gasteiger partial charge in [-0.25, -0.2) is 9.97 Å². The molecule has 0 amide bonds. The lowest BCUT2D eigenvalue weighted by atomic mass is 10.1. The van der Waals surface area contributed by atoms with Crippen LogP contribution in [-0.4, -0.2) is 17.1 Å². The summed E-state index contributed by atoms with van der Waals surface area (Å²) in [6, 6.07) is 7.13. The van der Waals surface area contributed by atoms with Gasteiger partial charge in [0.05, 0.1) is 13.2 Å². The van der Waals surface area contributed by atoms with Crippen LogP contribution in [0.5, 0.6) is 5.88 Å². The minimum Gasteiger partial charge on any atom is -0.481 e. The van der Waals surface area contributed by atoms with Crippen LogP contribution in [-0.2, 0) is 0 Å². The van der Waals surface area contributed by atoms with E-state index in [4.69, 9.17) is 27.9 Å². The Bertz CT molecular complexity index is 578. The van der Waals surface area contributed by atoms with Gasteiger partial charge in [0.1, 0.15) is 12.1 Å². The van der Waals surface area contributed by atoms with Crippen LogP contribution >= 0.6 is 23.2 Å². The number of hydrogen-bond acceptors (Lipinski definition) is 4. The van der Waals surface area contributed by atoms with Crippen LogP contribution in [0, 0.1) is 0 Å². The maximum absolute atomic E-state index is 6.17. The van der Waals surface area contributed by atoms with Gasteiger partial charge in [0.15, 0.2) is 0 Å². The molecule has 1 aromatic carbocycles. The van der Waals surface area contributed by atoms with Gasteiger partial charge in [-0.15, -0.1) is 0 Å². The molecule has 0 aliphatic rings. The van der Waals surface area contributed by atoms with Gasteiger partial charge in [-0.3, -0.25) is 0 Å². The molecule has 0 spiro atoms. The van der Waals surface area contributed by atoms with Crippen molar-refractivity contribution < 1.29 is 4.74 Å². The normalized spacial score (nSPS) is 12.0. The van der Waals surface area contributed by atoms with Crippen molar-refractivity contribution in [2.24, 2.45) is 0 Å². The predicted molar refractivity (Wildman–Crippen MR) is 77.1 cm³/mol. The van der Waals surface area contributed by atoms with Gasteiger partial charge >= 0.3 is 0 Å². The van der Waals surface area contributed by atoms with Crippen molar-refractivity contribution in [2.45, 2.75) is 13.0 Å². The fourth-order valence-corrected chi connectivity index (χ4v) is 2.25. The van der Waals surface area contributed by atoms with Crippen molar-refractivity contribution in [3.63, 3.8) is 0 Å². The molecule has 0 radical (unpaired) electrons. The summed E-state index contributed by atoms with van der Waals surface area (Å²) < 4.78 is 5.05. The number of nitrogens with zero attached hydrogens (tertiary/aromatic N) is 2. The standard InChI is InChI=1S/C13H13Cl2N3O/c1-8(10-4-3-9(14)5-11(10)15)18-12-6-13(19-2)17-7-16-12/h3-8H,1-2H3,(H,16,17,18). The average molecular weight is 298 g/mol. The Morgan fingerprint density at radius 2 is 2.00 bits per heavy atom. The van der Waals surface area contributed by atoms with Gasteiger partial charge in [0.2, 0.25) is 5.88 Å². The van der Waals surface area contributed by atoms with E-state index in [2.05, 4.69) is 15.3 Å². The molecule has 1 atom stereocenters. The summed E-state index contributed by atoms with van der Waals surface area (Å²) in [5.74, 6) is 1.18. The number of benzene rings is 1. The van der Waals surface area contributed by atoms with Crippen molar-refractivity contribution in [2.75, 3.05) is 12.4 Å². The van der Waals surface area contributed by atoms with Crippen molar-refractivity contribution in [1.29, 1.82) is 0 Å². The van der Waals surface area contributed by atoms with Crippen LogP contribution in [0.25, 0.3) is 0 Å². The van der Waals surface area contributed by atoms with E-state index in [0.717, 1.165) is 5.56 Å². The second-order valence-corrected chi connectivity index (χ2v) is 4.82. The molecule has 6 heteroatoms. The second kappa shape index (κ2) is 6.08. The van der Waals surface area contributed by atoms with E-state index < -0.39 is 0 Å². The number of aromatic nitrogens is 2. The maximum atomic E-state index is 6.17. The first-order valence-electron chi connectivity index (χ1n) is 5.67. The van der Waals surface area contributed by atoms with E-state index in [1.54, 1.807) is 19.2 Å². The van der Waals surface area contributed by atoms with Gasteiger partial charge in [-0.1, -0.05) is 29.3 Å². The molecule has 0 fully saturated rings. The lowest BCUT2D eigenvalue weighted by Crippen LogP contribution is -2.08. The van der Waals surface area contributed by atoms with Crippen molar-refractivity contribution in [1.82, 2.24) is 9.97 Å². The molecule has 1 heterocycles. The van der Waals surface area contributed by atoms with E-state index in [-0.39, 0.29) is 6.04 Å². The molecule has 0 saturated carbocycles. The lowest BCUT2D eigenvalue weighted by molar-refractivity contribution is 0.397. The highest BCUT2D eigenvalue weighted by Crippen LogP contribution is 2.28. The number of nitrogens with one attached hydrogen (secondary N) is 1. The van der Waals surface area contributed by atoms with Gasteiger partial charge < -0.3 is 10.1 Å². The summed E-state index contributed by atoms with van der Waals surface area (Å²) in [4.78, 5) is 8.08. The average Bonchev–Trinajstić information content (AvgIpc) is 2.38. The molecule has 0 aliphatic carbocycles. The first-order chi connectivity index (χ1) is 9.10. The SMILES string of the molecule is COc1cc(NC(C)c2ccc(Cl)cc2Cl)ncn1. The summed E-state index contributed by atoms with van der Waals surface area (Å²) in [5.41, 5.74) is 0.948. The van der Waals surface area contributed by atoms with Crippen LogP contribution in [0.2, 0.25) is 10.0 Å². The van der Waals surface area contributed by atoms with E-state index in [1.165, 1.54) is 6.33 Å². The minimum atomic E-state index is -0.00984. The zero-order valence-electron chi connectivity index (χ0n) is 10.5. The summed E-state index contributed by atoms with van der Waals surface area (Å²) in [7, 11) is 1.56. The van der Waals surface area contributed by atoms with Crippen molar-refractivity contribution >= 4 is 29.0 Å². The van der Waals surface area contributed by atoms with Crippen LogP contribution in [0.3, 0.4) is 0 Å². The topological polar surface area (TPSA) is 47.0 Å². The molecule has 1 aromatic heterocycles. The zero-order chi connectivity index (χ0) is 13.8. The van der Waals surface area contributed by atoms with E-state index in [0.29, 0.717) is 21.7 Å². The molecular formula is C13H13Cl2N3O. The number of anilines is 1. The molecule has 1 unspecified atom stereocenters. The predicted octanol–water partition coefficient (Wildman–Crippen LogP) is 3.97. The Hall–Kier alpha value is -1.52. The first kappa shape index (κ1) is 13.9. The monoisotopic (exact) mass is 297 g/mol. The highest BCUT2D eigenvalue weighted by atomic mass is 35.5. The summed E-state index contributed by atoms with van der Waals surface area (Å²) in [6.45, 7) is 1.99. The molecule has 4 nitrogen and oxygen atoms in total. The molecule has 19 heavy (non-hydrogen) atoms. The van der Waals surface area contributed by atoms with Crippen molar-refractivity contribution in [3.8, 4) is 5.88 Å². The fourth-order valence-electron chi connectivity index (χ4n) is 1.68. The number of halogens is 2. The molecule has 100 valence electrons. The molecular weight excluding hydrogens is 285 g/mol. The molecule has 0 bridgehead atoms. The van der Waals surface area contributed by atoms with Crippen molar-refractivity contribution in [3.05, 3.63) is 46.2 Å². The Morgan fingerprint density at radius 3 is 2.68 bits per heavy atom. The third-order valence-electron chi connectivity index (χ3n) is 2.64. The molecule has 1 N–H and O–H groups in total. The quantitative estimate of drug-likeness (QED) is 0.928. The Morgan fingerprint density at radius 1 is 1.21 bits per heavy atom. The molecule has 0 saturated heterocycles. The smallest absolute Gasteiger partial charge is 0.218 e. The van der Waals surface area contributed by atoms with Gasteiger partial charge in [0.25, 0.3) is 0 Å². The van der Waals surface area contributed by atoms with E-state index in [1.807, 2.05) is 19.1 Å². The highest BCUT2D eigenvalue weighted by molar-refractivity contribution is 6.35. The third-order valence-corrected chi connectivity index (χ3v) is 3.21. The zero-order valence-corrected chi connectivity index (χ0v) is 12.0. The van der Waals surface area contributed by atoms with Crippen LogP contribution < -0.4 is 10.1 Å². The number of rotatable bonds is 4. The minimum absolute atomic E-state index is 0.00984. The molecule has 0 aliphatic heterocycles. The largest absolute Gasteiger partial charge is 0.481 e. The molecule has 2 aromatic rings.